The van der Waals surface area contributed by atoms with Crippen LogP contribution in [0.25, 0.3) is 10.6 Å². The van der Waals surface area contributed by atoms with Crippen LogP contribution >= 0.6 is 11.6 Å². The van der Waals surface area contributed by atoms with Gasteiger partial charge in [-0.1, -0.05) is 30.2 Å². The SMILES string of the molecule is C=C/C(c1c([C@@H](N)Cc2cc(F)cc(F)c2)nc(C#CC(C)(C)S(=O)(=O)C2CC2)c2c1CCC2)=c1\c(=C(/C)Cl)c(N(S(C)(=O)=O)S(C)(=O)=O)nn1CC(F)(F)F. The van der Waals surface area contributed by atoms with E-state index >= 15 is 0 Å². The van der Waals surface area contributed by atoms with E-state index in [1.165, 1.54) is 20.8 Å². The molecule has 2 aliphatic rings. The molecular formula is C36H39ClF5N5O6S3. The largest absolute Gasteiger partial charge is 0.408 e. The van der Waals surface area contributed by atoms with Crippen LogP contribution in [0.5, 0.6) is 0 Å². The Bertz CT molecular complexity index is 2610. The van der Waals surface area contributed by atoms with Gasteiger partial charge in [-0.15, -0.1) is 3.71 Å². The summed E-state index contributed by atoms with van der Waals surface area (Å²) in [5.74, 6) is 3.02. The van der Waals surface area contributed by atoms with E-state index in [4.69, 9.17) is 22.3 Å². The summed E-state index contributed by atoms with van der Waals surface area (Å²) >= 11 is 6.50. The molecule has 0 amide bonds. The number of fused-ring (bicyclic) bond motifs is 1. The van der Waals surface area contributed by atoms with Crippen LogP contribution in [0.3, 0.4) is 0 Å². The Morgan fingerprint density at radius 3 is 2.12 bits per heavy atom. The highest BCUT2D eigenvalue weighted by molar-refractivity contribution is 8.09. The number of nitrogens with two attached hydrogens (primary N) is 1. The summed E-state index contributed by atoms with van der Waals surface area (Å²) in [6.45, 7) is 6.16. The second kappa shape index (κ2) is 15.2. The number of sulfonamides is 2. The minimum absolute atomic E-state index is 0.0417. The fraction of sp³-hybridized carbons (Fsp3) is 0.444. The highest BCUT2D eigenvalue weighted by atomic mass is 35.5. The van der Waals surface area contributed by atoms with Crippen LogP contribution in [0.1, 0.15) is 79.7 Å². The lowest BCUT2D eigenvalue weighted by atomic mass is 9.89. The van der Waals surface area contributed by atoms with Crippen LogP contribution in [0, 0.1) is 23.5 Å². The van der Waals surface area contributed by atoms with Crippen molar-refractivity contribution in [1.29, 1.82) is 0 Å². The molecule has 0 spiro atoms. The zero-order chi connectivity index (χ0) is 41.9. The molecule has 56 heavy (non-hydrogen) atoms. The van der Waals surface area contributed by atoms with Crippen LogP contribution in [-0.2, 0) is 55.7 Å². The van der Waals surface area contributed by atoms with Gasteiger partial charge in [0.05, 0.1) is 40.1 Å². The second-order valence-electron chi connectivity index (χ2n) is 14.3. The third kappa shape index (κ3) is 8.84. The third-order valence-electron chi connectivity index (χ3n) is 9.29. The van der Waals surface area contributed by atoms with Crippen LogP contribution in [0.2, 0.25) is 0 Å². The van der Waals surface area contributed by atoms with Crippen molar-refractivity contribution in [1.82, 2.24) is 14.8 Å². The molecule has 0 radical (unpaired) electrons. The standard InChI is InChI=1S/C36H39ClF5N5O6S3/c1-7-25(33-30(20(2)37)34(45-46(33)19-36(40,41)42)47(54(5,48)49)55(6,50)51)31-27-10-8-9-26(27)29(13-14-35(3,4)56(52,53)24-11-12-24)44-32(31)28(43)17-21-15-22(38)18-23(39)16-21/h7,15-16,18,24,28H,1,8-12,17,19,43H2,2-6H3/b30-20-,33-25-/t28-/m0/s1. The quantitative estimate of drug-likeness (QED) is 0.222. The molecule has 0 saturated heterocycles. The van der Waals surface area contributed by atoms with Gasteiger partial charge >= 0.3 is 6.18 Å². The fourth-order valence-corrected chi connectivity index (χ4v) is 11.6. The molecule has 3 aromatic rings. The molecule has 1 saturated carbocycles. The van der Waals surface area contributed by atoms with Crippen molar-refractivity contribution in [2.75, 3.05) is 16.2 Å². The number of nitrogens with zero attached hydrogens (tertiary/aromatic N) is 4. The molecule has 1 aromatic carbocycles. The molecule has 2 heterocycles. The molecule has 2 aliphatic carbocycles. The molecule has 0 bridgehead atoms. The Morgan fingerprint density at radius 2 is 1.62 bits per heavy atom. The van der Waals surface area contributed by atoms with Crippen molar-refractivity contribution in [2.45, 2.75) is 88.1 Å². The Labute approximate surface area is 327 Å². The predicted molar refractivity (Wildman–Crippen MR) is 203 cm³/mol. The van der Waals surface area contributed by atoms with Gasteiger partial charge in [0.15, 0.2) is 15.7 Å². The highest BCUT2D eigenvalue weighted by Crippen LogP contribution is 2.38. The molecule has 2 aromatic heterocycles. The number of sulfone groups is 1. The molecule has 11 nitrogen and oxygen atoms in total. The molecule has 20 heteroatoms. The smallest absolute Gasteiger partial charge is 0.322 e. The van der Waals surface area contributed by atoms with Crippen LogP contribution < -0.4 is 20.0 Å². The van der Waals surface area contributed by atoms with E-state index < -0.39 is 86.7 Å². The lowest BCUT2D eigenvalue weighted by Gasteiger charge is -2.22. The number of halogens is 6. The average Bonchev–Trinajstić information content (AvgIpc) is 3.68. The first-order valence-electron chi connectivity index (χ1n) is 17.1. The first-order chi connectivity index (χ1) is 25.7. The van der Waals surface area contributed by atoms with Crippen molar-refractivity contribution in [3.8, 4) is 11.8 Å². The predicted octanol–water partition coefficient (Wildman–Crippen LogP) is 4.03. The summed E-state index contributed by atoms with van der Waals surface area (Å²) in [6.07, 6.45) is -0.922. The number of allylic oxidation sites excluding steroid dienone is 1. The van der Waals surface area contributed by atoms with Gasteiger partial charge in [-0.2, -0.15) is 18.3 Å². The zero-order valence-corrected chi connectivity index (χ0v) is 34.1. The molecule has 1 atom stereocenters. The zero-order valence-electron chi connectivity index (χ0n) is 30.9. The van der Waals surface area contributed by atoms with Gasteiger partial charge in [-0.05, 0) is 94.0 Å². The summed E-state index contributed by atoms with van der Waals surface area (Å²) in [7, 11) is -13.2. The summed E-state index contributed by atoms with van der Waals surface area (Å²) in [6, 6.07) is 1.49. The number of anilines is 1. The van der Waals surface area contributed by atoms with Gasteiger partial charge in [0.2, 0.25) is 20.0 Å². The van der Waals surface area contributed by atoms with Gasteiger partial charge in [-0.25, -0.2) is 39.0 Å². The van der Waals surface area contributed by atoms with Crippen LogP contribution in [-0.4, -0.2) is 68.7 Å². The van der Waals surface area contributed by atoms with Crippen molar-refractivity contribution in [3.05, 3.63) is 86.7 Å². The lowest BCUT2D eigenvalue weighted by Crippen LogP contribution is -2.41. The number of hydrogen-bond donors (Lipinski definition) is 1. The molecule has 2 N–H and O–H groups in total. The third-order valence-corrected chi connectivity index (χ3v) is 15.5. The van der Waals surface area contributed by atoms with Gasteiger partial charge in [-0.3, -0.25) is 4.68 Å². The Balaban J connectivity index is 1.96. The maximum Gasteiger partial charge on any atom is 0.408 e. The van der Waals surface area contributed by atoms with E-state index in [0.29, 0.717) is 60.1 Å². The minimum atomic E-state index is -4.99. The van der Waals surface area contributed by atoms with Gasteiger partial charge in [0.1, 0.15) is 28.6 Å². The maximum atomic E-state index is 14.3. The Kier molecular flexibility index (Phi) is 11.7. The van der Waals surface area contributed by atoms with Crippen molar-refractivity contribution in [3.63, 3.8) is 0 Å². The van der Waals surface area contributed by atoms with Gasteiger partial charge < -0.3 is 5.73 Å². The number of alkyl halides is 3. The maximum absolute atomic E-state index is 14.3. The fourth-order valence-electron chi connectivity index (χ4n) is 6.84. The summed E-state index contributed by atoms with van der Waals surface area (Å²) in [4.78, 5) is 4.78. The molecule has 1 fully saturated rings. The Morgan fingerprint density at radius 1 is 1.05 bits per heavy atom. The first-order valence-corrected chi connectivity index (χ1v) is 22.7. The number of rotatable bonds is 11. The van der Waals surface area contributed by atoms with E-state index in [1.807, 2.05) is 0 Å². The lowest BCUT2D eigenvalue weighted by molar-refractivity contribution is -0.143. The van der Waals surface area contributed by atoms with Crippen molar-refractivity contribution in [2.24, 2.45) is 5.73 Å². The van der Waals surface area contributed by atoms with Crippen LogP contribution in [0.15, 0.2) is 30.9 Å². The van der Waals surface area contributed by atoms with Crippen LogP contribution in [0.4, 0.5) is 27.8 Å². The number of benzene rings is 1. The van der Waals surface area contributed by atoms with E-state index in [9.17, 15) is 47.2 Å². The van der Waals surface area contributed by atoms with E-state index in [1.54, 1.807) is 0 Å². The summed E-state index contributed by atoms with van der Waals surface area (Å²) < 4.78 is 148. The Hall–Kier alpha value is -3.83. The summed E-state index contributed by atoms with van der Waals surface area (Å²) in [5, 5.41) is 2.05. The molecule has 0 unspecified atom stereocenters. The van der Waals surface area contributed by atoms with Gasteiger partial charge in [0, 0.05) is 22.2 Å². The topological polar surface area (TPSA) is 162 Å². The average molecular weight is 864 g/mol. The molecule has 0 aliphatic heterocycles. The van der Waals surface area contributed by atoms with E-state index in [0.717, 1.165) is 18.2 Å². The second-order valence-corrected chi connectivity index (χ2v) is 21.6. The molecule has 304 valence electrons. The number of pyridine rings is 1. The molecule has 5 rings (SSSR count). The number of hydrogen-bond acceptors (Lipinski definition) is 9. The van der Waals surface area contributed by atoms with Crippen molar-refractivity contribution >= 4 is 57.9 Å². The highest BCUT2D eigenvalue weighted by Gasteiger charge is 2.45. The van der Waals surface area contributed by atoms with E-state index in [-0.39, 0.29) is 49.7 Å². The normalized spacial score (nSPS) is 16.8. The molecular weight excluding hydrogens is 825 g/mol. The van der Waals surface area contributed by atoms with E-state index in [2.05, 4.69) is 23.5 Å². The van der Waals surface area contributed by atoms with Gasteiger partial charge in [0.25, 0.3) is 0 Å². The number of aromatic nitrogens is 3. The van der Waals surface area contributed by atoms with Crippen molar-refractivity contribution < 1.29 is 47.2 Å². The first kappa shape index (κ1) is 43.3. The summed E-state index contributed by atoms with van der Waals surface area (Å²) in [5.41, 5.74) is 7.89. The monoisotopic (exact) mass is 863 g/mol. The minimum Gasteiger partial charge on any atom is -0.322 e.